The first-order valence-corrected chi connectivity index (χ1v) is 26.3. The van der Waals surface area contributed by atoms with Gasteiger partial charge in [0.25, 0.3) is 0 Å². The zero-order valence-electron chi connectivity index (χ0n) is 36.1. The molecule has 68 heavy (non-hydrogen) atoms. The molecule has 0 aliphatic carbocycles. The fraction of sp³-hybridized carbons (Fsp3) is 0. The maximum atomic E-state index is 16.4. The van der Waals surface area contributed by atoms with Gasteiger partial charge in [0.15, 0.2) is 14.3 Å². The van der Waals surface area contributed by atoms with E-state index < -0.39 is 14.3 Å². The predicted molar refractivity (Wildman–Crippen MR) is 281 cm³/mol. The van der Waals surface area contributed by atoms with Gasteiger partial charge in [-0.2, -0.15) is 0 Å². The third kappa shape index (κ3) is 4.50. The second-order valence-electron chi connectivity index (χ2n) is 18.2. The Labute approximate surface area is 387 Å². The summed E-state index contributed by atoms with van der Waals surface area (Å²) in [5.74, 6) is 0. The molecule has 16 rings (SSSR count). The Hall–Kier alpha value is -8.14. The van der Waals surface area contributed by atoms with Crippen LogP contribution in [0.25, 0.3) is 110 Å². The molecule has 0 fully saturated rings. The molecular weight excluding hydrogens is 875 g/mol. The van der Waals surface area contributed by atoms with Gasteiger partial charge in [0.05, 0.1) is 22.1 Å². The average molecular weight is 909 g/mol. The Morgan fingerprint density at radius 1 is 0.294 bits per heavy atom. The molecule has 2 aliphatic rings. The summed E-state index contributed by atoms with van der Waals surface area (Å²) in [6.45, 7) is 0. The molecule has 8 heteroatoms. The summed E-state index contributed by atoms with van der Waals surface area (Å²) in [4.78, 5) is 0. The van der Waals surface area contributed by atoms with Crippen molar-refractivity contribution in [1.29, 1.82) is 0 Å². The highest BCUT2D eigenvalue weighted by molar-refractivity contribution is 7.89. The fourth-order valence-electron chi connectivity index (χ4n) is 12.0. The van der Waals surface area contributed by atoms with E-state index in [0.717, 1.165) is 142 Å². The Bertz CT molecular complexity index is 4370. The molecule has 6 heterocycles. The third-order valence-electron chi connectivity index (χ3n) is 14.9. The molecule has 0 unspecified atom stereocenters. The first-order chi connectivity index (χ1) is 33.5. The largest absolute Gasteiger partial charge is 0.456 e. The van der Waals surface area contributed by atoms with E-state index in [4.69, 9.17) is 8.83 Å². The number of para-hydroxylation sites is 4. The molecule has 4 aromatic heterocycles. The molecular formula is C60H34N2O4P2. The van der Waals surface area contributed by atoms with Crippen LogP contribution in [0.15, 0.2) is 215 Å². The molecule has 14 aromatic rings. The van der Waals surface area contributed by atoms with Gasteiger partial charge in [-0.05, 0) is 60.7 Å². The maximum absolute atomic E-state index is 16.4. The van der Waals surface area contributed by atoms with Gasteiger partial charge in [-0.1, -0.05) is 133 Å². The molecule has 0 amide bonds. The fourth-order valence-corrected chi connectivity index (χ4v) is 18.4. The number of nitrogens with zero attached hydrogens (tertiary/aromatic N) is 2. The van der Waals surface area contributed by atoms with Crippen molar-refractivity contribution in [1.82, 2.24) is 9.13 Å². The molecule has 0 spiro atoms. The van der Waals surface area contributed by atoms with Crippen LogP contribution in [0.1, 0.15) is 0 Å². The van der Waals surface area contributed by atoms with Crippen LogP contribution >= 0.6 is 14.3 Å². The lowest BCUT2D eigenvalue weighted by Gasteiger charge is -2.22. The lowest BCUT2D eigenvalue weighted by molar-refractivity contribution is 0.592. The van der Waals surface area contributed by atoms with E-state index in [-0.39, 0.29) is 0 Å². The van der Waals surface area contributed by atoms with Gasteiger partial charge >= 0.3 is 0 Å². The molecule has 2 aliphatic heterocycles. The summed E-state index contributed by atoms with van der Waals surface area (Å²) >= 11 is 0. The second-order valence-corrected chi connectivity index (χ2v) is 23.6. The van der Waals surface area contributed by atoms with Crippen LogP contribution in [0.4, 0.5) is 0 Å². The van der Waals surface area contributed by atoms with Crippen LogP contribution in [-0.4, -0.2) is 9.13 Å². The van der Waals surface area contributed by atoms with Crippen molar-refractivity contribution in [3.05, 3.63) is 206 Å². The van der Waals surface area contributed by atoms with Crippen molar-refractivity contribution in [2.45, 2.75) is 0 Å². The zero-order chi connectivity index (χ0) is 44.6. The van der Waals surface area contributed by atoms with Gasteiger partial charge < -0.3 is 27.1 Å². The SMILES string of the molecule is O=P1(c2cccc(-n3c4ccccc4c4cc5c(cc43)oc3ccccc35)c2)c2cccc3c2-c2c1cccc2P3(=O)c1cccc(-n2c3ccccc3c3cc4c(cc32)oc2ccccc24)c1. The summed E-state index contributed by atoms with van der Waals surface area (Å²) < 4.78 is 50.1. The van der Waals surface area contributed by atoms with E-state index in [9.17, 15) is 0 Å². The van der Waals surface area contributed by atoms with E-state index in [1.807, 2.05) is 97.1 Å². The van der Waals surface area contributed by atoms with E-state index in [2.05, 4.69) is 118 Å². The van der Waals surface area contributed by atoms with E-state index in [1.54, 1.807) is 0 Å². The molecule has 0 saturated heterocycles. The smallest absolute Gasteiger partial charge is 0.172 e. The minimum absolute atomic E-state index is 0.740. The van der Waals surface area contributed by atoms with Crippen LogP contribution in [0, 0.1) is 0 Å². The van der Waals surface area contributed by atoms with Gasteiger partial charge in [-0.15, -0.1) is 0 Å². The van der Waals surface area contributed by atoms with Crippen LogP contribution in [0.3, 0.4) is 0 Å². The quantitative estimate of drug-likeness (QED) is 0.165. The molecule has 0 bridgehead atoms. The normalized spacial score (nSPS) is 14.5. The van der Waals surface area contributed by atoms with Crippen molar-refractivity contribution in [2.24, 2.45) is 0 Å². The van der Waals surface area contributed by atoms with Crippen LogP contribution in [0.5, 0.6) is 0 Å². The Balaban J connectivity index is 0.862. The van der Waals surface area contributed by atoms with Gasteiger partial charge in [0.1, 0.15) is 22.3 Å². The number of rotatable bonds is 4. The highest BCUT2D eigenvalue weighted by atomic mass is 31.2. The van der Waals surface area contributed by atoms with Crippen LogP contribution in [0.2, 0.25) is 0 Å². The number of fused-ring (bicyclic) bond motifs is 12. The van der Waals surface area contributed by atoms with Gasteiger partial charge in [-0.3, -0.25) is 0 Å². The summed E-state index contributed by atoms with van der Waals surface area (Å²) in [6, 6.07) is 70.4. The number of benzene rings is 10. The Morgan fingerprint density at radius 3 is 1.12 bits per heavy atom. The average Bonchev–Trinajstić information content (AvgIpc) is 4.21. The molecule has 0 saturated carbocycles. The highest BCUT2D eigenvalue weighted by Crippen LogP contribution is 2.61. The highest BCUT2D eigenvalue weighted by Gasteiger charge is 2.51. The van der Waals surface area contributed by atoms with Gasteiger partial charge in [0.2, 0.25) is 0 Å². The molecule has 318 valence electrons. The Morgan fingerprint density at radius 2 is 0.676 bits per heavy atom. The summed E-state index contributed by atoms with van der Waals surface area (Å²) in [7, 11) is -6.89. The summed E-state index contributed by atoms with van der Waals surface area (Å²) in [5, 5.41) is 13.3. The second kappa shape index (κ2) is 12.8. The molecule has 10 aromatic carbocycles. The van der Waals surface area contributed by atoms with Gasteiger partial charge in [0, 0.05) is 110 Å². The minimum atomic E-state index is -3.45. The molecule has 0 atom stereocenters. The molecule has 6 nitrogen and oxygen atoms in total. The third-order valence-corrected chi connectivity index (χ3v) is 21.1. The lowest BCUT2D eigenvalue weighted by Crippen LogP contribution is -2.28. The lowest BCUT2D eigenvalue weighted by atomic mass is 10.1. The van der Waals surface area contributed by atoms with Crippen molar-refractivity contribution in [3.8, 4) is 22.5 Å². The van der Waals surface area contributed by atoms with Gasteiger partial charge in [-0.25, -0.2) is 0 Å². The van der Waals surface area contributed by atoms with E-state index >= 15 is 9.13 Å². The van der Waals surface area contributed by atoms with Crippen molar-refractivity contribution >= 4 is 134 Å². The van der Waals surface area contributed by atoms with Crippen molar-refractivity contribution in [2.75, 3.05) is 0 Å². The number of hydrogen-bond acceptors (Lipinski definition) is 4. The van der Waals surface area contributed by atoms with E-state index in [1.165, 1.54) is 0 Å². The standard InChI is InChI=1S/C60H34N2O4P2/c63-67(37-15-9-13-35(29-37)61-47-21-5-1-17-39(47)43-31-45-41-19-3-7-23-51(41)65-53(45)33-49(43)61)55-25-11-27-57-59(55)60-56(67)26-12-28-58(60)68(57,64)38-16-10-14-36(30-38)62-48-22-6-2-18-40(48)44-32-46-42-20-4-8-24-52(42)66-54(46)34-50(44)62/h1-34H. The Kier molecular flexibility index (Phi) is 6.99. The maximum Gasteiger partial charge on any atom is 0.172 e. The summed E-state index contributed by atoms with van der Waals surface area (Å²) in [5.41, 5.74) is 11.0. The number of furan rings is 2. The predicted octanol–water partition coefficient (Wildman–Crippen LogP) is 13.3. The first kappa shape index (κ1) is 37.0. The number of hydrogen-bond donors (Lipinski definition) is 0. The first-order valence-electron chi connectivity index (χ1n) is 22.9. The van der Waals surface area contributed by atoms with Crippen molar-refractivity contribution < 1.29 is 18.0 Å². The molecule has 0 N–H and O–H groups in total. The minimum Gasteiger partial charge on any atom is -0.456 e. The van der Waals surface area contributed by atoms with Crippen molar-refractivity contribution in [3.63, 3.8) is 0 Å². The summed E-state index contributed by atoms with van der Waals surface area (Å²) in [6.07, 6.45) is 0. The monoisotopic (exact) mass is 908 g/mol. The molecule has 0 radical (unpaired) electrons. The van der Waals surface area contributed by atoms with Crippen LogP contribution < -0.4 is 31.8 Å². The topological polar surface area (TPSA) is 70.3 Å². The van der Waals surface area contributed by atoms with Crippen LogP contribution in [-0.2, 0) is 9.13 Å². The zero-order valence-corrected chi connectivity index (χ0v) is 37.8. The number of aromatic nitrogens is 2. The van der Waals surface area contributed by atoms with E-state index in [0.29, 0.717) is 0 Å².